The topological polar surface area (TPSA) is 86.4 Å². The highest BCUT2D eigenvalue weighted by atomic mass is 32.1. The Balaban J connectivity index is 1.90. The van der Waals surface area contributed by atoms with Crippen molar-refractivity contribution in [3.8, 4) is 17.1 Å². The van der Waals surface area contributed by atoms with Crippen molar-refractivity contribution in [3.05, 3.63) is 68.2 Å². The van der Waals surface area contributed by atoms with Crippen LogP contribution in [0.2, 0.25) is 0 Å². The van der Waals surface area contributed by atoms with Gasteiger partial charge in [-0.25, -0.2) is 0 Å². The minimum Gasteiger partial charge on any atom is -0.426 e. The standard InChI is InChI=1S/C26H28N4O3S/c1-15(31)33-21-18(25(2,3)4)11-16(12-19(21)26(5,6)7)13-20-23(32)30-24(34-20)28-22(29-30)17-9-8-10-27-14-17/h8-14H,1-7H3. The van der Waals surface area contributed by atoms with Gasteiger partial charge in [0.2, 0.25) is 4.96 Å². The third kappa shape index (κ3) is 4.63. The Morgan fingerprint density at radius 3 is 2.24 bits per heavy atom. The molecular formula is C26H28N4O3S. The first-order chi connectivity index (χ1) is 15.8. The van der Waals surface area contributed by atoms with E-state index in [1.54, 1.807) is 18.5 Å². The Morgan fingerprint density at radius 1 is 1.09 bits per heavy atom. The summed E-state index contributed by atoms with van der Waals surface area (Å²) in [4.78, 5) is 34.1. The van der Waals surface area contributed by atoms with E-state index in [-0.39, 0.29) is 22.4 Å². The lowest BCUT2D eigenvalue weighted by molar-refractivity contribution is -0.132. The van der Waals surface area contributed by atoms with Crippen LogP contribution in [0.5, 0.6) is 5.75 Å². The summed E-state index contributed by atoms with van der Waals surface area (Å²) in [6.45, 7) is 13.9. The second-order valence-electron chi connectivity index (χ2n) is 10.3. The number of thiazole rings is 1. The van der Waals surface area contributed by atoms with Crippen LogP contribution in [0.15, 0.2) is 41.5 Å². The SMILES string of the molecule is CC(=O)Oc1c(C(C)(C)C)cc(C=c2sc3nc(-c4cccnc4)nn3c2=O)cc1C(C)(C)C. The van der Waals surface area contributed by atoms with Crippen LogP contribution in [0.3, 0.4) is 0 Å². The summed E-state index contributed by atoms with van der Waals surface area (Å²) in [5.41, 5.74) is 2.66. The molecule has 4 rings (SSSR count). The lowest BCUT2D eigenvalue weighted by Gasteiger charge is -2.29. The molecule has 176 valence electrons. The molecule has 1 aromatic carbocycles. The summed E-state index contributed by atoms with van der Waals surface area (Å²) in [5, 5.41) is 4.39. The summed E-state index contributed by atoms with van der Waals surface area (Å²) in [6, 6.07) is 7.64. The zero-order valence-electron chi connectivity index (χ0n) is 20.5. The van der Waals surface area contributed by atoms with Crippen LogP contribution in [0.25, 0.3) is 22.4 Å². The zero-order chi connectivity index (χ0) is 24.8. The number of nitrogens with zero attached hydrogens (tertiary/aromatic N) is 4. The first kappa shape index (κ1) is 23.8. The molecule has 0 aliphatic rings. The van der Waals surface area contributed by atoms with Crippen molar-refractivity contribution in [3.63, 3.8) is 0 Å². The number of benzene rings is 1. The molecule has 0 radical (unpaired) electrons. The van der Waals surface area contributed by atoms with Gasteiger partial charge in [-0.3, -0.25) is 14.6 Å². The molecule has 0 N–H and O–H groups in total. The molecular weight excluding hydrogens is 448 g/mol. The van der Waals surface area contributed by atoms with E-state index in [1.165, 1.54) is 22.8 Å². The van der Waals surface area contributed by atoms with Crippen molar-refractivity contribution in [1.29, 1.82) is 0 Å². The highest BCUT2D eigenvalue weighted by Crippen LogP contribution is 2.41. The number of ether oxygens (including phenoxy) is 1. The van der Waals surface area contributed by atoms with E-state index in [9.17, 15) is 9.59 Å². The fraction of sp³-hybridized carbons (Fsp3) is 0.346. The monoisotopic (exact) mass is 476 g/mol. The van der Waals surface area contributed by atoms with E-state index in [1.807, 2.05) is 24.3 Å². The van der Waals surface area contributed by atoms with E-state index in [2.05, 4.69) is 56.6 Å². The van der Waals surface area contributed by atoms with E-state index in [0.29, 0.717) is 21.1 Å². The summed E-state index contributed by atoms with van der Waals surface area (Å²) in [5.74, 6) is 0.707. The largest absolute Gasteiger partial charge is 0.426 e. The van der Waals surface area contributed by atoms with Crippen LogP contribution < -0.4 is 14.8 Å². The zero-order valence-corrected chi connectivity index (χ0v) is 21.3. The van der Waals surface area contributed by atoms with Gasteiger partial charge in [-0.2, -0.15) is 9.50 Å². The quantitative estimate of drug-likeness (QED) is 0.324. The fourth-order valence-electron chi connectivity index (χ4n) is 3.70. The highest BCUT2D eigenvalue weighted by molar-refractivity contribution is 7.15. The molecule has 8 heteroatoms. The Hall–Kier alpha value is -3.39. The van der Waals surface area contributed by atoms with Gasteiger partial charge in [-0.15, -0.1) is 5.10 Å². The number of carbonyl (C=O) groups excluding carboxylic acids is 1. The maximum atomic E-state index is 13.1. The van der Waals surface area contributed by atoms with Crippen LogP contribution in [-0.4, -0.2) is 25.6 Å². The molecule has 0 atom stereocenters. The van der Waals surface area contributed by atoms with Crippen LogP contribution in [0.4, 0.5) is 0 Å². The van der Waals surface area contributed by atoms with E-state index >= 15 is 0 Å². The van der Waals surface area contributed by atoms with Gasteiger partial charge in [-0.1, -0.05) is 52.9 Å². The summed E-state index contributed by atoms with van der Waals surface area (Å²) in [7, 11) is 0. The van der Waals surface area contributed by atoms with Crippen LogP contribution >= 0.6 is 11.3 Å². The Labute approximate surface area is 202 Å². The molecule has 0 amide bonds. The molecule has 3 aromatic heterocycles. The van der Waals surface area contributed by atoms with Gasteiger partial charge >= 0.3 is 5.97 Å². The molecule has 0 bridgehead atoms. The predicted octanol–water partition coefficient (Wildman–Crippen LogP) is 4.28. The van der Waals surface area contributed by atoms with Crippen molar-refractivity contribution in [2.24, 2.45) is 0 Å². The minimum absolute atomic E-state index is 0.221. The lowest BCUT2D eigenvalue weighted by atomic mass is 9.78. The second kappa shape index (κ2) is 8.43. The molecule has 4 aromatic rings. The fourth-order valence-corrected chi connectivity index (χ4v) is 4.61. The molecule has 0 unspecified atom stereocenters. The summed E-state index contributed by atoms with van der Waals surface area (Å²) in [6.07, 6.45) is 5.21. The molecule has 34 heavy (non-hydrogen) atoms. The first-order valence-electron chi connectivity index (χ1n) is 11.0. The number of hydrogen-bond acceptors (Lipinski definition) is 7. The lowest BCUT2D eigenvalue weighted by Crippen LogP contribution is -2.24. The average molecular weight is 477 g/mol. The Morgan fingerprint density at radius 2 is 1.74 bits per heavy atom. The Kier molecular flexibility index (Phi) is 5.89. The number of hydrogen-bond donors (Lipinski definition) is 0. The van der Waals surface area contributed by atoms with Crippen molar-refractivity contribution in [2.75, 3.05) is 0 Å². The number of pyridine rings is 1. The number of rotatable bonds is 3. The average Bonchev–Trinajstić information content (AvgIpc) is 3.27. The van der Waals surface area contributed by atoms with E-state index in [4.69, 9.17) is 4.74 Å². The first-order valence-corrected chi connectivity index (χ1v) is 11.9. The van der Waals surface area contributed by atoms with Gasteiger partial charge in [0.25, 0.3) is 5.56 Å². The predicted molar refractivity (Wildman–Crippen MR) is 134 cm³/mol. The van der Waals surface area contributed by atoms with Gasteiger partial charge in [0.15, 0.2) is 5.82 Å². The molecule has 0 saturated carbocycles. The van der Waals surface area contributed by atoms with E-state index in [0.717, 1.165) is 22.3 Å². The van der Waals surface area contributed by atoms with Gasteiger partial charge in [0.05, 0.1) is 4.53 Å². The van der Waals surface area contributed by atoms with Crippen LogP contribution in [0.1, 0.15) is 65.2 Å². The van der Waals surface area contributed by atoms with Crippen molar-refractivity contribution < 1.29 is 9.53 Å². The summed E-state index contributed by atoms with van der Waals surface area (Å²) >= 11 is 1.29. The summed E-state index contributed by atoms with van der Waals surface area (Å²) < 4.78 is 7.58. The van der Waals surface area contributed by atoms with Gasteiger partial charge in [0, 0.05) is 36.0 Å². The van der Waals surface area contributed by atoms with Crippen molar-refractivity contribution in [2.45, 2.75) is 59.3 Å². The minimum atomic E-state index is -0.357. The Bertz CT molecular complexity index is 1450. The number of fused-ring (bicyclic) bond motifs is 1. The molecule has 0 saturated heterocycles. The third-order valence-corrected chi connectivity index (χ3v) is 6.33. The smallest absolute Gasteiger partial charge is 0.308 e. The van der Waals surface area contributed by atoms with Gasteiger partial charge in [-0.05, 0) is 46.7 Å². The van der Waals surface area contributed by atoms with Crippen LogP contribution in [0, 0.1) is 0 Å². The molecule has 0 aliphatic heterocycles. The maximum absolute atomic E-state index is 13.1. The number of carbonyl (C=O) groups is 1. The number of aromatic nitrogens is 4. The molecule has 7 nitrogen and oxygen atoms in total. The highest BCUT2D eigenvalue weighted by Gasteiger charge is 2.28. The van der Waals surface area contributed by atoms with Crippen LogP contribution in [-0.2, 0) is 15.6 Å². The second-order valence-corrected chi connectivity index (χ2v) is 11.3. The molecule has 0 aliphatic carbocycles. The van der Waals surface area contributed by atoms with E-state index < -0.39 is 0 Å². The molecule has 3 heterocycles. The maximum Gasteiger partial charge on any atom is 0.308 e. The number of esters is 1. The normalized spacial score (nSPS) is 13.0. The van der Waals surface area contributed by atoms with Crippen molar-refractivity contribution in [1.82, 2.24) is 19.6 Å². The van der Waals surface area contributed by atoms with Gasteiger partial charge in [0.1, 0.15) is 5.75 Å². The molecule has 0 spiro atoms. The van der Waals surface area contributed by atoms with Crippen molar-refractivity contribution >= 4 is 28.3 Å². The van der Waals surface area contributed by atoms with Gasteiger partial charge < -0.3 is 4.74 Å². The third-order valence-electron chi connectivity index (χ3n) is 5.37. The molecule has 0 fully saturated rings.